The van der Waals surface area contributed by atoms with Crippen LogP contribution in [0.2, 0.25) is 5.02 Å². The van der Waals surface area contributed by atoms with Crippen molar-refractivity contribution in [3.63, 3.8) is 0 Å². The first-order valence-electron chi connectivity index (χ1n) is 5.15. The zero-order chi connectivity index (χ0) is 13.1. The summed E-state index contributed by atoms with van der Waals surface area (Å²) < 4.78 is 19.0. The number of aryl methyl sites for hydroxylation is 1. The van der Waals surface area contributed by atoms with Crippen LogP contribution < -0.4 is 4.74 Å². The van der Waals surface area contributed by atoms with Gasteiger partial charge in [-0.2, -0.15) is 0 Å². The predicted molar refractivity (Wildman–Crippen MR) is 65.8 cm³/mol. The van der Waals surface area contributed by atoms with Crippen molar-refractivity contribution in [3.8, 4) is 11.6 Å². The van der Waals surface area contributed by atoms with Gasteiger partial charge in [-0.1, -0.05) is 11.6 Å². The molecule has 1 aromatic heterocycles. The molecule has 0 aliphatic heterocycles. The quantitative estimate of drug-likeness (QED) is 0.793. The third-order valence-electron chi connectivity index (χ3n) is 2.35. The molecule has 0 radical (unpaired) electrons. The van der Waals surface area contributed by atoms with Crippen LogP contribution in [0.5, 0.6) is 11.6 Å². The third kappa shape index (κ3) is 2.49. The summed E-state index contributed by atoms with van der Waals surface area (Å²) in [7, 11) is 0. The minimum Gasteiger partial charge on any atom is -0.435 e. The minimum absolute atomic E-state index is 0.143. The van der Waals surface area contributed by atoms with Gasteiger partial charge in [-0.05, 0) is 36.8 Å². The summed E-state index contributed by atoms with van der Waals surface area (Å²) in [5.41, 5.74) is 0.852. The summed E-state index contributed by atoms with van der Waals surface area (Å²) in [6, 6.07) is 6.01. The van der Waals surface area contributed by atoms with E-state index in [9.17, 15) is 9.18 Å². The number of rotatable bonds is 3. The molecule has 1 heterocycles. The fourth-order valence-corrected chi connectivity index (χ4v) is 1.59. The number of hydrogen-bond donors (Lipinski definition) is 0. The molecule has 0 atom stereocenters. The zero-order valence-corrected chi connectivity index (χ0v) is 10.2. The molecule has 0 N–H and O–H groups in total. The predicted octanol–water partition coefficient (Wildman–Crippen LogP) is 3.79. The van der Waals surface area contributed by atoms with Gasteiger partial charge in [-0.15, -0.1) is 0 Å². The van der Waals surface area contributed by atoms with Crippen LogP contribution >= 0.6 is 11.6 Å². The summed E-state index contributed by atoms with van der Waals surface area (Å²) >= 11 is 5.92. The Balaban J connectivity index is 2.34. The largest absolute Gasteiger partial charge is 0.435 e. The Morgan fingerprint density at radius 3 is 2.83 bits per heavy atom. The topological polar surface area (TPSA) is 39.2 Å². The Morgan fingerprint density at radius 1 is 1.39 bits per heavy atom. The second-order valence-corrected chi connectivity index (χ2v) is 4.06. The number of nitrogens with zero attached hydrogens (tertiary/aromatic N) is 1. The molecule has 0 aliphatic carbocycles. The first-order valence-corrected chi connectivity index (χ1v) is 5.53. The fraction of sp³-hybridized carbons (Fsp3) is 0.0769. The molecule has 2 rings (SSSR count). The van der Waals surface area contributed by atoms with Gasteiger partial charge >= 0.3 is 0 Å². The average molecular weight is 266 g/mol. The number of halogens is 2. The Morgan fingerprint density at radius 2 is 2.17 bits per heavy atom. The lowest BCUT2D eigenvalue weighted by molar-refractivity contribution is 0.112. The first-order chi connectivity index (χ1) is 8.61. The maximum atomic E-state index is 13.7. The van der Waals surface area contributed by atoms with E-state index < -0.39 is 5.82 Å². The Kier molecular flexibility index (Phi) is 3.58. The van der Waals surface area contributed by atoms with Crippen molar-refractivity contribution in [2.24, 2.45) is 0 Å². The van der Waals surface area contributed by atoms with Gasteiger partial charge in [0.25, 0.3) is 5.88 Å². The Bertz CT molecular complexity index is 602. The van der Waals surface area contributed by atoms with Crippen molar-refractivity contribution in [2.45, 2.75) is 6.92 Å². The Labute approximate surface area is 108 Å². The van der Waals surface area contributed by atoms with Crippen molar-refractivity contribution in [2.75, 3.05) is 0 Å². The minimum atomic E-state index is -0.534. The van der Waals surface area contributed by atoms with Crippen LogP contribution in [-0.2, 0) is 0 Å². The van der Waals surface area contributed by atoms with Crippen molar-refractivity contribution in [1.82, 2.24) is 4.98 Å². The molecule has 18 heavy (non-hydrogen) atoms. The summed E-state index contributed by atoms with van der Waals surface area (Å²) in [6.45, 7) is 1.61. The van der Waals surface area contributed by atoms with Gasteiger partial charge in [-0.25, -0.2) is 9.37 Å². The molecule has 2 aromatic rings. The number of pyridine rings is 1. The van der Waals surface area contributed by atoms with Crippen LogP contribution in [0.1, 0.15) is 15.9 Å². The molecule has 0 saturated carbocycles. The number of benzene rings is 1. The van der Waals surface area contributed by atoms with Gasteiger partial charge in [-0.3, -0.25) is 4.79 Å². The molecule has 92 valence electrons. The second kappa shape index (κ2) is 5.14. The first kappa shape index (κ1) is 12.5. The molecule has 3 nitrogen and oxygen atoms in total. The van der Waals surface area contributed by atoms with E-state index in [1.54, 1.807) is 13.0 Å². The van der Waals surface area contributed by atoms with Gasteiger partial charge in [0.1, 0.15) is 12.0 Å². The Hall–Kier alpha value is -1.94. The average Bonchev–Trinajstić information content (AvgIpc) is 2.37. The lowest BCUT2D eigenvalue weighted by atomic mass is 10.2. The number of ether oxygens (including phenoxy) is 1. The molecular weight excluding hydrogens is 257 g/mol. The lowest BCUT2D eigenvalue weighted by Crippen LogP contribution is -1.95. The zero-order valence-electron chi connectivity index (χ0n) is 9.48. The molecule has 0 fully saturated rings. The van der Waals surface area contributed by atoms with E-state index in [-0.39, 0.29) is 16.7 Å². The number of hydrogen-bond acceptors (Lipinski definition) is 3. The molecule has 0 amide bonds. The monoisotopic (exact) mass is 265 g/mol. The highest BCUT2D eigenvalue weighted by molar-refractivity contribution is 6.32. The van der Waals surface area contributed by atoms with E-state index in [0.717, 1.165) is 0 Å². The van der Waals surface area contributed by atoms with E-state index in [1.807, 2.05) is 0 Å². The van der Waals surface area contributed by atoms with Crippen molar-refractivity contribution in [1.29, 1.82) is 0 Å². The van der Waals surface area contributed by atoms with Crippen LogP contribution in [0.25, 0.3) is 0 Å². The number of aldehydes is 1. The highest BCUT2D eigenvalue weighted by Gasteiger charge is 2.11. The molecule has 0 bridgehead atoms. The van der Waals surface area contributed by atoms with Gasteiger partial charge in [0, 0.05) is 11.8 Å². The second-order valence-electron chi connectivity index (χ2n) is 3.66. The van der Waals surface area contributed by atoms with Crippen LogP contribution in [0, 0.1) is 12.7 Å². The lowest BCUT2D eigenvalue weighted by Gasteiger charge is -2.08. The van der Waals surface area contributed by atoms with Crippen LogP contribution in [0.4, 0.5) is 4.39 Å². The van der Waals surface area contributed by atoms with E-state index >= 15 is 0 Å². The van der Waals surface area contributed by atoms with E-state index in [4.69, 9.17) is 16.3 Å². The van der Waals surface area contributed by atoms with Crippen LogP contribution in [0.3, 0.4) is 0 Å². The maximum Gasteiger partial charge on any atom is 0.256 e. The molecule has 0 saturated heterocycles. The number of aromatic nitrogens is 1. The number of carbonyl (C=O) groups excluding carboxylic acids is 1. The highest BCUT2D eigenvalue weighted by Crippen LogP contribution is 2.30. The van der Waals surface area contributed by atoms with Crippen LogP contribution in [-0.4, -0.2) is 11.3 Å². The van der Waals surface area contributed by atoms with Gasteiger partial charge in [0.05, 0.1) is 5.02 Å². The van der Waals surface area contributed by atoms with E-state index in [2.05, 4.69) is 4.98 Å². The van der Waals surface area contributed by atoms with Crippen molar-refractivity contribution >= 4 is 17.9 Å². The molecule has 0 unspecified atom stereocenters. The number of carbonyl (C=O) groups is 1. The van der Waals surface area contributed by atoms with E-state index in [0.29, 0.717) is 17.4 Å². The third-order valence-corrected chi connectivity index (χ3v) is 2.64. The highest BCUT2D eigenvalue weighted by atomic mass is 35.5. The molecular formula is C13H9ClFNO2. The van der Waals surface area contributed by atoms with Crippen LogP contribution in [0.15, 0.2) is 30.5 Å². The molecule has 0 spiro atoms. The standard InChI is InChI=1S/C13H9ClFNO2/c1-8-4-5-16-13(12(8)15)18-11-3-2-9(7-17)6-10(11)14/h2-7H,1H3. The SMILES string of the molecule is Cc1ccnc(Oc2ccc(C=O)cc2Cl)c1F. The van der Waals surface area contributed by atoms with Crippen molar-refractivity contribution in [3.05, 3.63) is 52.4 Å². The smallest absolute Gasteiger partial charge is 0.256 e. The summed E-state index contributed by atoms with van der Waals surface area (Å²) in [4.78, 5) is 14.3. The molecule has 0 aliphatic rings. The van der Waals surface area contributed by atoms with E-state index in [1.165, 1.54) is 24.4 Å². The normalized spacial score (nSPS) is 10.2. The maximum absolute atomic E-state index is 13.7. The summed E-state index contributed by atoms with van der Waals surface area (Å²) in [5, 5.41) is 0.224. The van der Waals surface area contributed by atoms with Gasteiger partial charge in [0.15, 0.2) is 5.82 Å². The molecule has 1 aromatic carbocycles. The van der Waals surface area contributed by atoms with Crippen molar-refractivity contribution < 1.29 is 13.9 Å². The van der Waals surface area contributed by atoms with Gasteiger partial charge in [0.2, 0.25) is 0 Å². The fourth-order valence-electron chi connectivity index (χ4n) is 1.36. The summed E-state index contributed by atoms with van der Waals surface area (Å²) in [5.74, 6) is -0.428. The molecule has 5 heteroatoms. The summed E-state index contributed by atoms with van der Waals surface area (Å²) in [6.07, 6.45) is 2.11. The van der Waals surface area contributed by atoms with Gasteiger partial charge < -0.3 is 4.74 Å².